The van der Waals surface area contributed by atoms with E-state index < -0.39 is 0 Å². The zero-order valence-electron chi connectivity index (χ0n) is 12.2. The molecule has 0 N–H and O–H groups in total. The summed E-state index contributed by atoms with van der Waals surface area (Å²) in [6.07, 6.45) is 8.55. The van der Waals surface area contributed by atoms with Crippen molar-refractivity contribution in [3.8, 4) is 0 Å². The maximum Gasteiger partial charge on any atom is 0.263 e. The lowest BCUT2D eigenvalue weighted by Crippen LogP contribution is -2.51. The Morgan fingerprint density at radius 2 is 1.85 bits per heavy atom. The highest BCUT2D eigenvalue weighted by atomic mass is 32.1. The molecule has 2 nitrogen and oxygen atoms in total. The average molecular weight is 289 g/mol. The molecule has 108 valence electrons. The molecule has 0 spiro atoms. The van der Waals surface area contributed by atoms with Crippen LogP contribution in [-0.4, -0.2) is 24.4 Å². The normalized spacial score (nSPS) is 38.1. The summed E-state index contributed by atoms with van der Waals surface area (Å²) >= 11 is 1.56. The molecular weight excluding hydrogens is 266 g/mol. The quantitative estimate of drug-likeness (QED) is 0.822. The van der Waals surface area contributed by atoms with Crippen LogP contribution in [0.2, 0.25) is 0 Å². The van der Waals surface area contributed by atoms with Crippen LogP contribution >= 0.6 is 11.3 Å². The molecule has 4 fully saturated rings. The molecule has 0 atom stereocenters. The number of carbonyl (C=O) groups excluding carboxylic acids is 1. The molecular formula is C17H23NOS. The predicted molar refractivity (Wildman–Crippen MR) is 81.9 cm³/mol. The summed E-state index contributed by atoms with van der Waals surface area (Å²) in [4.78, 5) is 15.4. The van der Waals surface area contributed by atoms with Crippen molar-refractivity contribution in [2.75, 3.05) is 13.6 Å². The van der Waals surface area contributed by atoms with E-state index in [0.717, 1.165) is 29.2 Å². The van der Waals surface area contributed by atoms with Gasteiger partial charge in [0.25, 0.3) is 5.91 Å². The minimum Gasteiger partial charge on any atom is -0.340 e. The first-order valence-corrected chi connectivity index (χ1v) is 8.80. The van der Waals surface area contributed by atoms with Crippen LogP contribution in [-0.2, 0) is 0 Å². The highest BCUT2D eigenvalue weighted by Crippen LogP contribution is 2.60. The minimum atomic E-state index is 0.218. The Bertz CT molecular complexity index is 472. The van der Waals surface area contributed by atoms with Crippen molar-refractivity contribution in [3.05, 3.63) is 22.4 Å². The van der Waals surface area contributed by atoms with E-state index in [1.54, 1.807) is 11.3 Å². The molecule has 4 bridgehead atoms. The number of hydrogen-bond acceptors (Lipinski definition) is 2. The smallest absolute Gasteiger partial charge is 0.263 e. The zero-order valence-corrected chi connectivity index (χ0v) is 13.0. The van der Waals surface area contributed by atoms with E-state index in [0.29, 0.717) is 5.41 Å². The molecule has 0 saturated heterocycles. The molecule has 0 radical (unpaired) electrons. The summed E-state index contributed by atoms with van der Waals surface area (Å²) in [5.41, 5.74) is 0.455. The second kappa shape index (κ2) is 4.59. The first kappa shape index (κ1) is 12.9. The van der Waals surface area contributed by atoms with Gasteiger partial charge < -0.3 is 4.90 Å². The summed E-state index contributed by atoms with van der Waals surface area (Å²) < 4.78 is 0. The Balaban J connectivity index is 1.50. The van der Waals surface area contributed by atoms with Gasteiger partial charge in [0.2, 0.25) is 0 Å². The standard InChI is InChI=1S/C17H23NOS/c1-18(16(19)15-3-2-4-20-15)11-17-8-12-5-13(9-17)7-14(6-12)10-17/h2-4,12-14H,5-11H2,1H3. The van der Waals surface area contributed by atoms with Crippen molar-refractivity contribution in [1.82, 2.24) is 4.90 Å². The molecule has 1 aromatic heterocycles. The molecule has 5 rings (SSSR count). The first-order chi connectivity index (χ1) is 9.63. The summed E-state index contributed by atoms with van der Waals surface area (Å²) in [6, 6.07) is 3.92. The fourth-order valence-corrected chi connectivity index (χ4v) is 6.36. The van der Waals surface area contributed by atoms with Gasteiger partial charge in [0.1, 0.15) is 0 Å². The summed E-state index contributed by atoms with van der Waals surface area (Å²) in [6.45, 7) is 0.979. The van der Waals surface area contributed by atoms with E-state index in [1.165, 1.54) is 38.5 Å². The number of nitrogens with zero attached hydrogens (tertiary/aromatic N) is 1. The molecule has 1 aromatic rings. The SMILES string of the molecule is CN(CC12CC3CC(CC(C3)C1)C2)C(=O)c1cccs1. The van der Waals surface area contributed by atoms with Crippen LogP contribution in [0.5, 0.6) is 0 Å². The number of amides is 1. The van der Waals surface area contributed by atoms with Crippen LogP contribution in [0.3, 0.4) is 0 Å². The fraction of sp³-hybridized carbons (Fsp3) is 0.706. The summed E-state index contributed by atoms with van der Waals surface area (Å²) in [5, 5.41) is 1.99. The Morgan fingerprint density at radius 1 is 1.25 bits per heavy atom. The average Bonchev–Trinajstić information content (AvgIpc) is 2.89. The molecule has 0 unspecified atom stereocenters. The molecule has 0 aromatic carbocycles. The van der Waals surface area contributed by atoms with Crippen molar-refractivity contribution in [2.24, 2.45) is 23.2 Å². The topological polar surface area (TPSA) is 20.3 Å². The highest BCUT2D eigenvalue weighted by Gasteiger charge is 2.51. The van der Waals surface area contributed by atoms with Gasteiger partial charge in [-0.1, -0.05) is 6.07 Å². The first-order valence-electron chi connectivity index (χ1n) is 7.92. The maximum atomic E-state index is 12.5. The van der Waals surface area contributed by atoms with E-state index in [1.807, 2.05) is 29.5 Å². The predicted octanol–water partition coefficient (Wildman–Crippen LogP) is 4.04. The third-order valence-corrected chi connectivity index (χ3v) is 6.67. The van der Waals surface area contributed by atoms with Crippen LogP contribution in [0, 0.1) is 23.2 Å². The van der Waals surface area contributed by atoms with Crippen LogP contribution in [0.15, 0.2) is 17.5 Å². The Kier molecular flexibility index (Phi) is 2.95. The molecule has 4 saturated carbocycles. The van der Waals surface area contributed by atoms with Crippen LogP contribution in [0.4, 0.5) is 0 Å². The second-order valence-corrected chi connectivity index (χ2v) is 8.50. The number of carbonyl (C=O) groups is 1. The van der Waals surface area contributed by atoms with E-state index in [9.17, 15) is 4.79 Å². The second-order valence-electron chi connectivity index (χ2n) is 7.56. The summed E-state index contributed by atoms with van der Waals surface area (Å²) in [7, 11) is 2.00. The van der Waals surface area contributed by atoms with Gasteiger partial charge in [0.05, 0.1) is 4.88 Å². The Morgan fingerprint density at radius 3 is 2.35 bits per heavy atom. The van der Waals surface area contributed by atoms with E-state index in [-0.39, 0.29) is 5.91 Å². The molecule has 3 heteroatoms. The van der Waals surface area contributed by atoms with Crippen molar-refractivity contribution in [3.63, 3.8) is 0 Å². The molecule has 1 heterocycles. The van der Waals surface area contributed by atoms with E-state index in [2.05, 4.69) is 0 Å². The van der Waals surface area contributed by atoms with Gasteiger partial charge in [0.15, 0.2) is 0 Å². The Hall–Kier alpha value is -0.830. The number of hydrogen-bond donors (Lipinski definition) is 0. The van der Waals surface area contributed by atoms with Crippen LogP contribution in [0.1, 0.15) is 48.2 Å². The van der Waals surface area contributed by atoms with Gasteiger partial charge in [-0.05, 0) is 73.1 Å². The molecule has 1 amide bonds. The van der Waals surface area contributed by atoms with Gasteiger partial charge >= 0.3 is 0 Å². The molecule has 4 aliphatic carbocycles. The van der Waals surface area contributed by atoms with Gasteiger partial charge in [-0.2, -0.15) is 0 Å². The van der Waals surface area contributed by atoms with Gasteiger partial charge in [0, 0.05) is 13.6 Å². The largest absolute Gasteiger partial charge is 0.340 e. The minimum absolute atomic E-state index is 0.218. The highest BCUT2D eigenvalue weighted by molar-refractivity contribution is 7.12. The van der Waals surface area contributed by atoms with Gasteiger partial charge in [-0.3, -0.25) is 4.79 Å². The third kappa shape index (κ3) is 2.11. The number of thiophene rings is 1. The van der Waals surface area contributed by atoms with Crippen molar-refractivity contribution >= 4 is 17.2 Å². The van der Waals surface area contributed by atoms with Crippen molar-refractivity contribution in [1.29, 1.82) is 0 Å². The lowest BCUT2D eigenvalue weighted by molar-refractivity contribution is -0.0628. The van der Waals surface area contributed by atoms with Crippen molar-refractivity contribution < 1.29 is 4.79 Å². The monoisotopic (exact) mass is 289 g/mol. The molecule has 0 aliphatic heterocycles. The Labute approximate surface area is 125 Å². The van der Waals surface area contributed by atoms with Gasteiger partial charge in [-0.25, -0.2) is 0 Å². The third-order valence-electron chi connectivity index (χ3n) is 5.82. The molecule has 20 heavy (non-hydrogen) atoms. The van der Waals surface area contributed by atoms with Crippen LogP contribution < -0.4 is 0 Å². The van der Waals surface area contributed by atoms with Gasteiger partial charge in [-0.15, -0.1) is 11.3 Å². The fourth-order valence-electron chi connectivity index (χ4n) is 5.65. The van der Waals surface area contributed by atoms with Crippen molar-refractivity contribution in [2.45, 2.75) is 38.5 Å². The lowest BCUT2D eigenvalue weighted by Gasteiger charge is -2.57. The summed E-state index contributed by atoms with van der Waals surface area (Å²) in [5.74, 6) is 3.11. The zero-order chi connectivity index (χ0) is 13.7. The lowest BCUT2D eigenvalue weighted by atomic mass is 9.49. The van der Waals surface area contributed by atoms with E-state index >= 15 is 0 Å². The molecule has 4 aliphatic rings. The van der Waals surface area contributed by atoms with E-state index in [4.69, 9.17) is 0 Å². The number of rotatable bonds is 3. The maximum absolute atomic E-state index is 12.5. The van der Waals surface area contributed by atoms with Crippen LogP contribution in [0.25, 0.3) is 0 Å².